The van der Waals surface area contributed by atoms with E-state index in [1.54, 1.807) is 6.08 Å². The molecule has 10 heteroatoms. The predicted octanol–water partition coefficient (Wildman–Crippen LogP) is 10.6. The molecule has 1 aliphatic rings. The Morgan fingerprint density at radius 2 is 0.952 bits per heavy atom. The Balaban J connectivity index is 2.36. The monoisotopic (exact) mass is 880 g/mol. The quantitative estimate of drug-likeness (QED) is 0.0233. The van der Waals surface area contributed by atoms with Crippen LogP contribution in [0.1, 0.15) is 226 Å². The minimum atomic E-state index is -1.62. The molecule has 364 valence electrons. The summed E-state index contributed by atoms with van der Waals surface area (Å²) in [6.07, 6.45) is 42.4. The van der Waals surface area contributed by atoms with Crippen molar-refractivity contribution in [2.75, 3.05) is 13.2 Å². The summed E-state index contributed by atoms with van der Waals surface area (Å²) in [7, 11) is 0. The summed E-state index contributed by atoms with van der Waals surface area (Å²) in [6.45, 7) is 3.59. The highest BCUT2D eigenvalue weighted by atomic mass is 16.7. The van der Waals surface area contributed by atoms with Gasteiger partial charge in [0.15, 0.2) is 6.29 Å². The molecule has 62 heavy (non-hydrogen) atoms. The number of carbonyl (C=O) groups is 1. The van der Waals surface area contributed by atoms with Crippen molar-refractivity contribution < 1.29 is 44.9 Å². The molecular formula is C52H97NO9. The van der Waals surface area contributed by atoms with Crippen molar-refractivity contribution in [3.63, 3.8) is 0 Å². The average Bonchev–Trinajstić information content (AvgIpc) is 3.27. The van der Waals surface area contributed by atoms with Gasteiger partial charge < -0.3 is 45.4 Å². The van der Waals surface area contributed by atoms with E-state index in [1.165, 1.54) is 148 Å². The standard InChI is InChI=1S/C52H97NO9/c1-3-5-7-9-11-13-15-17-19-21-22-23-24-25-27-29-31-33-35-37-39-41-46(56)51(60)53-44(43-61-52-50(59)49(58)48(57)47(42-54)62-52)45(55)40-38-36-34-32-30-28-26-20-18-16-14-12-10-8-6-4-2/h18,20,30,32,38,40,44-50,52,54-59H,3-17,19,21-29,31,33-37,39,41-43H2,1-2H3,(H,53,60)/b20-18+,32-30+,40-38+. The summed E-state index contributed by atoms with van der Waals surface area (Å²) < 4.78 is 11.1. The van der Waals surface area contributed by atoms with E-state index < -0.39 is 61.5 Å². The fraction of sp³-hybridized carbons (Fsp3) is 0.865. The van der Waals surface area contributed by atoms with Crippen LogP contribution in [0.2, 0.25) is 0 Å². The molecule has 8 atom stereocenters. The second kappa shape index (κ2) is 42.0. The van der Waals surface area contributed by atoms with E-state index in [1.807, 2.05) is 6.08 Å². The summed E-state index contributed by atoms with van der Waals surface area (Å²) in [5.74, 6) is -0.628. The van der Waals surface area contributed by atoms with Gasteiger partial charge in [-0.25, -0.2) is 0 Å². The topological polar surface area (TPSA) is 169 Å². The Kier molecular flexibility index (Phi) is 39.6. The van der Waals surface area contributed by atoms with Gasteiger partial charge in [0.05, 0.1) is 25.4 Å². The number of rotatable bonds is 43. The maximum Gasteiger partial charge on any atom is 0.249 e. The highest BCUT2D eigenvalue weighted by molar-refractivity contribution is 5.80. The van der Waals surface area contributed by atoms with Crippen molar-refractivity contribution in [2.24, 2.45) is 0 Å². The highest BCUT2D eigenvalue weighted by Crippen LogP contribution is 2.23. The molecule has 0 aliphatic carbocycles. The van der Waals surface area contributed by atoms with Gasteiger partial charge in [-0.2, -0.15) is 0 Å². The number of aliphatic hydroxyl groups excluding tert-OH is 6. The summed E-state index contributed by atoms with van der Waals surface area (Å²) in [5, 5.41) is 64.8. The van der Waals surface area contributed by atoms with Gasteiger partial charge in [-0.15, -0.1) is 0 Å². The van der Waals surface area contributed by atoms with E-state index in [-0.39, 0.29) is 6.61 Å². The van der Waals surface area contributed by atoms with Crippen molar-refractivity contribution in [2.45, 2.75) is 275 Å². The molecule has 10 nitrogen and oxygen atoms in total. The number of nitrogens with one attached hydrogen (secondary N) is 1. The molecule has 0 radical (unpaired) electrons. The molecule has 1 amide bonds. The van der Waals surface area contributed by atoms with Crippen LogP contribution in [0.25, 0.3) is 0 Å². The number of carbonyl (C=O) groups excluding carboxylic acids is 1. The van der Waals surface area contributed by atoms with Crippen molar-refractivity contribution in [1.29, 1.82) is 0 Å². The van der Waals surface area contributed by atoms with E-state index in [0.29, 0.717) is 19.3 Å². The summed E-state index contributed by atoms with van der Waals surface area (Å²) in [6, 6.07) is -1.00. The molecule has 0 bridgehead atoms. The Bertz CT molecular complexity index is 1080. The van der Waals surface area contributed by atoms with Crippen LogP contribution in [0.5, 0.6) is 0 Å². The summed E-state index contributed by atoms with van der Waals surface area (Å²) in [4.78, 5) is 13.1. The van der Waals surface area contributed by atoms with Crippen LogP contribution in [0.4, 0.5) is 0 Å². The van der Waals surface area contributed by atoms with Crippen LogP contribution in [0.3, 0.4) is 0 Å². The summed E-state index contributed by atoms with van der Waals surface area (Å²) >= 11 is 0. The van der Waals surface area contributed by atoms with Gasteiger partial charge in [0.1, 0.15) is 30.5 Å². The van der Waals surface area contributed by atoms with Gasteiger partial charge in [0.2, 0.25) is 5.91 Å². The first kappa shape index (κ1) is 58.4. The van der Waals surface area contributed by atoms with Gasteiger partial charge in [0.25, 0.3) is 0 Å². The molecule has 1 rings (SSSR count). The minimum absolute atomic E-state index is 0.304. The van der Waals surface area contributed by atoms with Gasteiger partial charge >= 0.3 is 0 Å². The molecule has 0 aromatic rings. The van der Waals surface area contributed by atoms with Crippen LogP contribution < -0.4 is 5.32 Å². The Labute approximate surface area is 379 Å². The maximum absolute atomic E-state index is 13.1. The van der Waals surface area contributed by atoms with Crippen LogP contribution in [-0.2, 0) is 14.3 Å². The van der Waals surface area contributed by atoms with Crippen molar-refractivity contribution in [3.8, 4) is 0 Å². The van der Waals surface area contributed by atoms with Crippen molar-refractivity contribution in [1.82, 2.24) is 5.32 Å². The van der Waals surface area contributed by atoms with Gasteiger partial charge in [-0.3, -0.25) is 4.79 Å². The fourth-order valence-electron chi connectivity index (χ4n) is 8.08. The highest BCUT2D eigenvalue weighted by Gasteiger charge is 2.44. The molecule has 8 unspecified atom stereocenters. The van der Waals surface area contributed by atoms with Gasteiger partial charge in [-0.05, 0) is 44.9 Å². The van der Waals surface area contributed by atoms with E-state index >= 15 is 0 Å². The largest absolute Gasteiger partial charge is 0.394 e. The summed E-state index contributed by atoms with van der Waals surface area (Å²) in [5.41, 5.74) is 0. The lowest BCUT2D eigenvalue weighted by molar-refractivity contribution is -0.302. The van der Waals surface area contributed by atoms with E-state index in [0.717, 1.165) is 44.9 Å². The Morgan fingerprint density at radius 3 is 1.40 bits per heavy atom. The third-order valence-electron chi connectivity index (χ3n) is 12.3. The van der Waals surface area contributed by atoms with Gasteiger partial charge in [0, 0.05) is 0 Å². The lowest BCUT2D eigenvalue weighted by atomic mass is 9.99. The first-order valence-corrected chi connectivity index (χ1v) is 25.8. The molecule has 0 saturated carbocycles. The molecule has 7 N–H and O–H groups in total. The second-order valence-electron chi connectivity index (χ2n) is 18.1. The first-order valence-electron chi connectivity index (χ1n) is 25.8. The third-order valence-corrected chi connectivity index (χ3v) is 12.3. The smallest absolute Gasteiger partial charge is 0.249 e. The molecule has 1 heterocycles. The second-order valence-corrected chi connectivity index (χ2v) is 18.1. The molecule has 0 aromatic heterocycles. The van der Waals surface area contributed by atoms with E-state index in [9.17, 15) is 35.4 Å². The van der Waals surface area contributed by atoms with Crippen LogP contribution >= 0.6 is 0 Å². The number of amides is 1. The zero-order valence-electron chi connectivity index (χ0n) is 39.7. The third kappa shape index (κ3) is 31.3. The minimum Gasteiger partial charge on any atom is -0.394 e. The molecular weight excluding hydrogens is 783 g/mol. The number of hydrogen-bond acceptors (Lipinski definition) is 9. The van der Waals surface area contributed by atoms with Crippen LogP contribution in [-0.4, -0.2) is 98.7 Å². The number of ether oxygens (including phenoxy) is 2. The lowest BCUT2D eigenvalue weighted by Gasteiger charge is -2.40. The predicted molar refractivity (Wildman–Crippen MR) is 255 cm³/mol. The maximum atomic E-state index is 13.1. The first-order chi connectivity index (χ1) is 30.3. The zero-order chi connectivity index (χ0) is 45.3. The number of allylic oxidation sites excluding steroid dienone is 5. The Morgan fingerprint density at radius 1 is 0.548 bits per heavy atom. The SMILES string of the molecule is CCCCCCCC/C=C/CC/C=C/CC/C=C/C(O)C(COC1OC(CO)C(O)C(O)C1O)NC(=O)C(O)CCCCCCCCCCCCCCCCCCCCCCC. The number of aliphatic hydroxyl groups is 6. The van der Waals surface area contributed by atoms with E-state index in [2.05, 4.69) is 43.5 Å². The number of unbranched alkanes of at least 4 members (excludes halogenated alkanes) is 28. The molecule has 0 spiro atoms. The van der Waals surface area contributed by atoms with E-state index in [4.69, 9.17) is 9.47 Å². The average molecular weight is 880 g/mol. The number of hydrogen-bond donors (Lipinski definition) is 7. The zero-order valence-corrected chi connectivity index (χ0v) is 39.7. The van der Waals surface area contributed by atoms with Crippen molar-refractivity contribution in [3.05, 3.63) is 36.5 Å². The lowest BCUT2D eigenvalue weighted by Crippen LogP contribution is -2.60. The molecule has 1 aliphatic heterocycles. The van der Waals surface area contributed by atoms with Crippen LogP contribution in [0.15, 0.2) is 36.5 Å². The van der Waals surface area contributed by atoms with Crippen LogP contribution in [0, 0.1) is 0 Å². The normalized spacial score (nSPS) is 21.1. The molecule has 1 fully saturated rings. The molecule has 0 aromatic carbocycles. The van der Waals surface area contributed by atoms with Crippen molar-refractivity contribution >= 4 is 5.91 Å². The molecule has 1 saturated heterocycles. The fourth-order valence-corrected chi connectivity index (χ4v) is 8.08. The Hall–Kier alpha value is -1.63. The van der Waals surface area contributed by atoms with Gasteiger partial charge in [-0.1, -0.05) is 217 Å².